The molecule has 0 fully saturated rings. The molecule has 0 bridgehead atoms. The van der Waals surface area contributed by atoms with E-state index in [-0.39, 0.29) is 0 Å². The topological polar surface area (TPSA) is 129 Å². The molecule has 10 heteroatoms. The van der Waals surface area contributed by atoms with Crippen molar-refractivity contribution in [2.75, 3.05) is 0 Å². The molecular formula is C110H74N10. The van der Waals surface area contributed by atoms with Crippen LogP contribution in [-0.2, 0) is 0 Å². The number of benzene rings is 16. The van der Waals surface area contributed by atoms with E-state index in [2.05, 4.69) is 285 Å². The van der Waals surface area contributed by atoms with E-state index in [4.69, 9.17) is 49.8 Å². The molecular weight excluding hydrogens is 1460 g/mol. The van der Waals surface area contributed by atoms with Gasteiger partial charge in [0.2, 0.25) is 0 Å². The summed E-state index contributed by atoms with van der Waals surface area (Å²) in [6.07, 6.45) is 0. The maximum atomic E-state index is 5.16. The normalized spacial score (nSPS) is 11.0. The van der Waals surface area contributed by atoms with Gasteiger partial charge in [0.1, 0.15) is 0 Å². The molecule has 0 aliphatic rings. The number of nitrogens with zero attached hydrogens (tertiary/aromatic N) is 10. The SMILES string of the molecule is c1ccc(-c2cc(-c3cccc(-c4ccc(-c5nc(-c6ccccc6)nc(-c6cccc(-c7ccccc7-c7ccccc7)c6)n5)cc4)c3)nc(-c3ccccc3)n2)cc1.c1ccc(-c2nc(-c3cccc(-c4ccc(-c5nc(-c6ccccc6)nc(-c6ccccc6)n5)cc4)c3)cc(-c3cccc(-c4ccccc4-c4ccccc4)c3)n2)cc1. The van der Waals surface area contributed by atoms with Crippen LogP contribution in [0.5, 0.6) is 0 Å². The quantitative estimate of drug-likeness (QED) is 0.0819. The Morgan fingerprint density at radius 1 is 0.0917 bits per heavy atom. The summed E-state index contributed by atoms with van der Waals surface area (Å²) in [7, 11) is 0. The highest BCUT2D eigenvalue weighted by atomic mass is 15.0. The van der Waals surface area contributed by atoms with Gasteiger partial charge in [-0.15, -0.1) is 0 Å². The molecule has 20 aromatic rings. The second-order valence-electron chi connectivity index (χ2n) is 29.0. The molecule has 0 spiro atoms. The predicted molar refractivity (Wildman–Crippen MR) is 489 cm³/mol. The summed E-state index contributed by atoms with van der Waals surface area (Å²) in [6, 6.07) is 154. The van der Waals surface area contributed by atoms with E-state index in [0.717, 1.165) is 128 Å². The van der Waals surface area contributed by atoms with E-state index in [0.29, 0.717) is 46.6 Å². The van der Waals surface area contributed by atoms with Crippen molar-refractivity contribution in [2.45, 2.75) is 0 Å². The van der Waals surface area contributed by atoms with Gasteiger partial charge in [0.05, 0.1) is 22.8 Å². The summed E-state index contributed by atoms with van der Waals surface area (Å²) < 4.78 is 0. The Morgan fingerprint density at radius 3 is 0.567 bits per heavy atom. The Bertz CT molecular complexity index is 6850. The van der Waals surface area contributed by atoms with Crippen LogP contribution in [0.25, 0.3) is 203 Å². The van der Waals surface area contributed by atoms with E-state index in [1.807, 2.05) is 164 Å². The number of hydrogen-bond acceptors (Lipinski definition) is 10. The molecule has 0 unspecified atom stereocenters. The zero-order valence-electron chi connectivity index (χ0n) is 65.2. The highest BCUT2D eigenvalue weighted by molar-refractivity contribution is 5.88. The van der Waals surface area contributed by atoms with Crippen molar-refractivity contribution in [3.05, 3.63) is 449 Å². The first-order valence-corrected chi connectivity index (χ1v) is 40.0. The molecule has 10 nitrogen and oxygen atoms in total. The van der Waals surface area contributed by atoms with Crippen LogP contribution in [0.3, 0.4) is 0 Å². The van der Waals surface area contributed by atoms with Gasteiger partial charge < -0.3 is 0 Å². The van der Waals surface area contributed by atoms with Gasteiger partial charge in [0.15, 0.2) is 46.6 Å². The molecule has 0 amide bonds. The third kappa shape index (κ3) is 16.5. The average molecular weight is 1540 g/mol. The van der Waals surface area contributed by atoms with Crippen LogP contribution in [0.4, 0.5) is 0 Å². The molecule has 4 heterocycles. The lowest BCUT2D eigenvalue weighted by atomic mass is 9.93. The molecule has 0 aliphatic carbocycles. The first kappa shape index (κ1) is 73.8. The van der Waals surface area contributed by atoms with Crippen molar-refractivity contribution in [1.29, 1.82) is 0 Å². The largest absolute Gasteiger partial charge is 0.228 e. The van der Waals surface area contributed by atoms with Crippen molar-refractivity contribution in [3.8, 4) is 203 Å². The predicted octanol–water partition coefficient (Wildman–Crippen LogP) is 27.3. The van der Waals surface area contributed by atoms with Gasteiger partial charge in [0.25, 0.3) is 0 Å². The number of aromatic nitrogens is 10. The monoisotopic (exact) mass is 1530 g/mol. The molecule has 0 N–H and O–H groups in total. The van der Waals surface area contributed by atoms with Crippen LogP contribution in [0, 0.1) is 0 Å². The maximum Gasteiger partial charge on any atom is 0.164 e. The van der Waals surface area contributed by atoms with E-state index < -0.39 is 0 Å². The fourth-order valence-corrected chi connectivity index (χ4v) is 15.0. The molecule has 0 saturated heterocycles. The van der Waals surface area contributed by atoms with E-state index in [1.54, 1.807) is 0 Å². The summed E-state index contributed by atoms with van der Waals surface area (Å²) in [4.78, 5) is 50.2. The highest BCUT2D eigenvalue weighted by Crippen LogP contribution is 2.40. The summed E-state index contributed by atoms with van der Waals surface area (Å²) in [5.74, 6) is 5.11. The molecule has 16 aromatic carbocycles. The summed E-state index contributed by atoms with van der Waals surface area (Å²) in [5.41, 5.74) is 28.6. The molecule has 4 aromatic heterocycles. The Balaban J connectivity index is 0.000000159. The van der Waals surface area contributed by atoms with E-state index >= 15 is 0 Å². The summed E-state index contributed by atoms with van der Waals surface area (Å²) in [6.45, 7) is 0. The lowest BCUT2D eigenvalue weighted by Gasteiger charge is -2.13. The number of hydrogen-bond donors (Lipinski definition) is 0. The van der Waals surface area contributed by atoms with Crippen LogP contribution >= 0.6 is 0 Å². The van der Waals surface area contributed by atoms with Crippen LogP contribution in [0.1, 0.15) is 0 Å². The van der Waals surface area contributed by atoms with Gasteiger partial charge in [-0.2, -0.15) is 0 Å². The third-order valence-electron chi connectivity index (χ3n) is 21.1. The Hall–Kier alpha value is -16.3. The minimum absolute atomic E-state index is 0.608. The smallest absolute Gasteiger partial charge is 0.164 e. The second-order valence-corrected chi connectivity index (χ2v) is 29.0. The molecule has 20 rings (SSSR count). The fourth-order valence-electron chi connectivity index (χ4n) is 15.0. The van der Waals surface area contributed by atoms with Crippen LogP contribution in [0.2, 0.25) is 0 Å². The van der Waals surface area contributed by atoms with Crippen LogP contribution < -0.4 is 0 Å². The van der Waals surface area contributed by atoms with Gasteiger partial charge >= 0.3 is 0 Å². The van der Waals surface area contributed by atoms with E-state index in [1.165, 1.54) is 27.8 Å². The Kier molecular flexibility index (Phi) is 21.2. The Labute approximate surface area is 697 Å². The summed E-state index contributed by atoms with van der Waals surface area (Å²) in [5, 5.41) is 0. The van der Waals surface area contributed by atoms with Gasteiger partial charge in [-0.3, -0.25) is 0 Å². The standard InChI is InChI=1S/2C55H37N5/c1-5-17-39(18-6-1)48-29-13-14-30-49(48)45-26-16-28-47(36-45)51-37-50(56-52(57-51)40-19-7-2-8-20-40)46-27-15-25-44(35-46)38-31-33-43(34-32-38)55-59-53(41-21-9-3-10-22-41)58-54(60-55)42-23-11-4-12-24-42;1-5-17-39(18-6-1)48-29-13-14-30-49(48)45-26-16-28-47(36-45)55-59-53(42-23-11-4-12-24-42)58-54(60-55)43-33-31-38(32-34-43)44-25-15-27-46(35-44)51-37-50(40-19-7-2-8-20-40)56-52(57-51)41-21-9-3-10-22-41/h2*1-37H. The first-order valence-electron chi connectivity index (χ1n) is 40.0. The van der Waals surface area contributed by atoms with Crippen LogP contribution in [-0.4, -0.2) is 49.8 Å². The van der Waals surface area contributed by atoms with Crippen molar-refractivity contribution < 1.29 is 0 Å². The van der Waals surface area contributed by atoms with Crippen molar-refractivity contribution in [3.63, 3.8) is 0 Å². The molecule has 0 atom stereocenters. The van der Waals surface area contributed by atoms with Crippen molar-refractivity contribution in [1.82, 2.24) is 49.8 Å². The van der Waals surface area contributed by atoms with Gasteiger partial charge in [-0.25, -0.2) is 49.8 Å². The summed E-state index contributed by atoms with van der Waals surface area (Å²) >= 11 is 0. The van der Waals surface area contributed by atoms with Crippen molar-refractivity contribution in [2.24, 2.45) is 0 Å². The zero-order chi connectivity index (χ0) is 80.2. The minimum Gasteiger partial charge on any atom is -0.228 e. The average Bonchev–Trinajstić information content (AvgIpc) is 0.793. The molecule has 120 heavy (non-hydrogen) atoms. The molecule has 0 saturated carbocycles. The fraction of sp³-hybridized carbons (Fsp3) is 0. The molecule has 564 valence electrons. The highest BCUT2D eigenvalue weighted by Gasteiger charge is 2.20. The Morgan fingerprint density at radius 2 is 0.267 bits per heavy atom. The molecule has 0 radical (unpaired) electrons. The second kappa shape index (κ2) is 34.4. The van der Waals surface area contributed by atoms with E-state index in [9.17, 15) is 0 Å². The minimum atomic E-state index is 0.608. The lowest BCUT2D eigenvalue weighted by molar-refractivity contribution is 1.07. The van der Waals surface area contributed by atoms with Gasteiger partial charge in [0, 0.05) is 66.8 Å². The third-order valence-corrected chi connectivity index (χ3v) is 21.1. The van der Waals surface area contributed by atoms with Gasteiger partial charge in [-0.1, -0.05) is 413 Å². The lowest BCUT2D eigenvalue weighted by Crippen LogP contribution is -2.00. The maximum absolute atomic E-state index is 5.16. The molecule has 0 aliphatic heterocycles. The zero-order valence-corrected chi connectivity index (χ0v) is 65.2. The first-order chi connectivity index (χ1) is 59.4. The van der Waals surface area contributed by atoms with Crippen LogP contribution in [0.15, 0.2) is 449 Å². The van der Waals surface area contributed by atoms with Gasteiger partial charge in [-0.05, 0) is 103 Å². The van der Waals surface area contributed by atoms with Crippen molar-refractivity contribution >= 4 is 0 Å². The number of rotatable bonds is 18.